The van der Waals surface area contributed by atoms with Gasteiger partial charge in [-0.25, -0.2) is 4.39 Å². The van der Waals surface area contributed by atoms with Gasteiger partial charge in [0.1, 0.15) is 5.82 Å². The summed E-state index contributed by atoms with van der Waals surface area (Å²) in [4.78, 5) is 21.7. The normalized spacial score (nSPS) is 10.7. The predicted molar refractivity (Wildman–Crippen MR) is 78.4 cm³/mol. The van der Waals surface area contributed by atoms with Crippen molar-refractivity contribution in [2.45, 2.75) is 6.54 Å². The fourth-order valence-electron chi connectivity index (χ4n) is 1.77. The Kier molecular flexibility index (Phi) is 5.19. The maximum Gasteiger partial charge on any atom is 0.238 e. The molecule has 2 aromatic rings. The second-order valence-electron chi connectivity index (χ2n) is 4.54. The Bertz CT molecular complexity index is 624. The van der Waals surface area contributed by atoms with Crippen LogP contribution in [0.5, 0.6) is 0 Å². The van der Waals surface area contributed by atoms with Crippen LogP contribution in [0, 0.1) is 5.82 Å². The number of likely N-dealkylation sites (N-methyl/N-ethyl adjacent to an activating group) is 1. The Balaban J connectivity index is 1.89. The number of halogens is 2. The van der Waals surface area contributed by atoms with Crippen LogP contribution in [-0.2, 0) is 11.3 Å². The maximum absolute atomic E-state index is 13.6. The van der Waals surface area contributed by atoms with Crippen LogP contribution in [0.4, 0.5) is 10.1 Å². The molecule has 0 saturated carbocycles. The van der Waals surface area contributed by atoms with E-state index < -0.39 is 5.82 Å². The van der Waals surface area contributed by atoms with Crippen LogP contribution in [0.25, 0.3) is 0 Å². The van der Waals surface area contributed by atoms with Gasteiger partial charge in [0.05, 0.1) is 17.9 Å². The number of nitrogens with one attached hydrogen (secondary N) is 1. The summed E-state index contributed by atoms with van der Waals surface area (Å²) in [5.41, 5.74) is 0.864. The maximum atomic E-state index is 13.6. The summed E-state index contributed by atoms with van der Waals surface area (Å²) in [6.07, 6.45) is 4.80. The van der Waals surface area contributed by atoms with Crippen molar-refractivity contribution in [3.05, 3.63) is 53.3 Å². The molecular formula is C14H14ClFN4O. The quantitative estimate of drug-likeness (QED) is 0.921. The highest BCUT2D eigenvalue weighted by atomic mass is 35.5. The summed E-state index contributed by atoms with van der Waals surface area (Å²) < 4.78 is 13.6. The van der Waals surface area contributed by atoms with Gasteiger partial charge in [-0.3, -0.25) is 19.7 Å². The highest BCUT2D eigenvalue weighted by Crippen LogP contribution is 2.18. The summed E-state index contributed by atoms with van der Waals surface area (Å²) in [5, 5.41) is 2.79. The average Bonchev–Trinajstić information content (AvgIpc) is 2.43. The van der Waals surface area contributed by atoms with Gasteiger partial charge in [-0.15, -0.1) is 0 Å². The zero-order valence-corrected chi connectivity index (χ0v) is 12.1. The molecule has 2 rings (SSSR count). The molecule has 5 nitrogen and oxygen atoms in total. The largest absolute Gasteiger partial charge is 0.322 e. The second-order valence-corrected chi connectivity index (χ2v) is 4.98. The number of hydrogen-bond donors (Lipinski definition) is 1. The number of carbonyl (C=O) groups is 1. The minimum Gasteiger partial charge on any atom is -0.322 e. The van der Waals surface area contributed by atoms with Gasteiger partial charge >= 0.3 is 0 Å². The van der Waals surface area contributed by atoms with Gasteiger partial charge in [-0.05, 0) is 25.2 Å². The van der Waals surface area contributed by atoms with E-state index in [0.29, 0.717) is 6.54 Å². The number of carbonyl (C=O) groups excluding carboxylic acids is 1. The minimum absolute atomic E-state index is 0.109. The lowest BCUT2D eigenvalue weighted by atomic mass is 10.3. The van der Waals surface area contributed by atoms with Crippen molar-refractivity contribution < 1.29 is 9.18 Å². The van der Waals surface area contributed by atoms with Crippen LogP contribution in [-0.4, -0.2) is 34.4 Å². The number of amides is 1. The van der Waals surface area contributed by atoms with Crippen molar-refractivity contribution in [2.24, 2.45) is 0 Å². The Labute approximate surface area is 126 Å². The van der Waals surface area contributed by atoms with E-state index in [-0.39, 0.29) is 23.2 Å². The number of nitrogens with zero attached hydrogens (tertiary/aromatic N) is 3. The van der Waals surface area contributed by atoms with Gasteiger partial charge in [-0.1, -0.05) is 11.6 Å². The molecule has 0 radical (unpaired) electrons. The van der Waals surface area contributed by atoms with E-state index >= 15 is 0 Å². The van der Waals surface area contributed by atoms with Gasteiger partial charge in [0.2, 0.25) is 5.91 Å². The molecular weight excluding hydrogens is 295 g/mol. The molecule has 0 aliphatic carbocycles. The molecule has 0 atom stereocenters. The van der Waals surface area contributed by atoms with Gasteiger partial charge < -0.3 is 5.32 Å². The van der Waals surface area contributed by atoms with Gasteiger partial charge in [0, 0.05) is 30.2 Å². The first-order chi connectivity index (χ1) is 10.0. The second kappa shape index (κ2) is 7.10. The number of rotatable bonds is 5. The summed E-state index contributed by atoms with van der Waals surface area (Å²) in [6.45, 7) is 0.586. The van der Waals surface area contributed by atoms with E-state index in [4.69, 9.17) is 11.6 Å². The first-order valence-electron chi connectivity index (χ1n) is 6.23. The molecule has 1 aromatic heterocycles. The Morgan fingerprint density at radius 1 is 1.43 bits per heavy atom. The van der Waals surface area contributed by atoms with Crippen molar-refractivity contribution in [2.75, 3.05) is 18.9 Å². The van der Waals surface area contributed by atoms with Crippen molar-refractivity contribution in [3.8, 4) is 0 Å². The molecule has 21 heavy (non-hydrogen) atoms. The van der Waals surface area contributed by atoms with E-state index in [1.165, 1.54) is 12.1 Å². The molecule has 1 aromatic carbocycles. The summed E-state index contributed by atoms with van der Waals surface area (Å²) in [5.74, 6) is -0.880. The molecule has 1 N–H and O–H groups in total. The van der Waals surface area contributed by atoms with Crippen molar-refractivity contribution in [3.63, 3.8) is 0 Å². The lowest BCUT2D eigenvalue weighted by Crippen LogP contribution is -2.30. The lowest BCUT2D eigenvalue weighted by molar-refractivity contribution is -0.117. The average molecular weight is 309 g/mol. The predicted octanol–water partition coefficient (Wildman–Crippen LogP) is 2.34. The third-order valence-electron chi connectivity index (χ3n) is 2.67. The van der Waals surface area contributed by atoms with Gasteiger partial charge in [0.25, 0.3) is 0 Å². The van der Waals surface area contributed by atoms with E-state index in [0.717, 1.165) is 11.8 Å². The zero-order chi connectivity index (χ0) is 15.2. The first-order valence-corrected chi connectivity index (χ1v) is 6.61. The molecule has 110 valence electrons. The number of aromatic nitrogens is 2. The highest BCUT2D eigenvalue weighted by Gasteiger charge is 2.10. The van der Waals surface area contributed by atoms with Crippen LogP contribution < -0.4 is 5.32 Å². The SMILES string of the molecule is CN(CC(=O)Nc1ccc(Cl)cc1F)Cc1cnccn1. The van der Waals surface area contributed by atoms with E-state index in [2.05, 4.69) is 15.3 Å². The van der Waals surface area contributed by atoms with Gasteiger partial charge in [0.15, 0.2) is 0 Å². The smallest absolute Gasteiger partial charge is 0.238 e. The molecule has 0 unspecified atom stereocenters. The molecule has 0 aliphatic heterocycles. The molecule has 0 fully saturated rings. The zero-order valence-electron chi connectivity index (χ0n) is 11.4. The number of hydrogen-bond acceptors (Lipinski definition) is 4. The van der Waals surface area contributed by atoms with Crippen LogP contribution >= 0.6 is 11.6 Å². The van der Waals surface area contributed by atoms with Crippen molar-refractivity contribution in [1.82, 2.24) is 14.9 Å². The Morgan fingerprint density at radius 2 is 2.24 bits per heavy atom. The molecule has 0 bridgehead atoms. The number of anilines is 1. The van der Waals surface area contributed by atoms with Crippen molar-refractivity contribution >= 4 is 23.2 Å². The molecule has 1 heterocycles. The van der Waals surface area contributed by atoms with E-state index in [9.17, 15) is 9.18 Å². The third kappa shape index (κ3) is 4.77. The van der Waals surface area contributed by atoms with Crippen LogP contribution in [0.3, 0.4) is 0 Å². The topological polar surface area (TPSA) is 58.1 Å². The molecule has 0 spiro atoms. The summed E-state index contributed by atoms with van der Waals surface area (Å²) in [7, 11) is 1.77. The Hall–Kier alpha value is -2.05. The number of benzene rings is 1. The fourth-order valence-corrected chi connectivity index (χ4v) is 1.93. The van der Waals surface area contributed by atoms with Crippen molar-refractivity contribution in [1.29, 1.82) is 0 Å². The highest BCUT2D eigenvalue weighted by molar-refractivity contribution is 6.30. The summed E-state index contributed by atoms with van der Waals surface area (Å²) in [6, 6.07) is 4.10. The molecule has 0 saturated heterocycles. The van der Waals surface area contributed by atoms with E-state index in [1.807, 2.05) is 0 Å². The molecule has 0 aliphatic rings. The minimum atomic E-state index is -0.563. The fraction of sp³-hybridized carbons (Fsp3) is 0.214. The third-order valence-corrected chi connectivity index (χ3v) is 2.90. The lowest BCUT2D eigenvalue weighted by Gasteiger charge is -2.15. The van der Waals surface area contributed by atoms with Gasteiger partial charge in [-0.2, -0.15) is 0 Å². The molecule has 1 amide bonds. The monoisotopic (exact) mass is 308 g/mol. The van der Waals surface area contributed by atoms with E-state index in [1.54, 1.807) is 30.5 Å². The standard InChI is InChI=1S/C14H14ClFN4O/c1-20(8-11-7-17-4-5-18-11)9-14(21)19-13-3-2-10(15)6-12(13)16/h2-7H,8-9H2,1H3,(H,19,21). The first kappa shape index (κ1) is 15.3. The molecule has 7 heteroatoms. The van der Waals surface area contributed by atoms with Crippen LogP contribution in [0.1, 0.15) is 5.69 Å². The summed E-state index contributed by atoms with van der Waals surface area (Å²) >= 11 is 5.65. The van der Waals surface area contributed by atoms with Crippen LogP contribution in [0.15, 0.2) is 36.8 Å². The Morgan fingerprint density at radius 3 is 2.90 bits per heavy atom. The van der Waals surface area contributed by atoms with Crippen LogP contribution in [0.2, 0.25) is 5.02 Å².